The standard InChI is InChI=1S/C34H35Cl2N3O4S/c1-25(2)22-37-34(41)32(21-26-12-5-3-6-13-26)38(23-27-14-11-15-28(35)20-27)33(40)24-39(31-19-10-9-18-30(31)36)44(42,43)29-16-7-4-8-17-29/h3-20,25,32H,21-24H2,1-2H3,(H,37,41)/t32-/m0/s1. The lowest BCUT2D eigenvalue weighted by Gasteiger charge is -2.34. The molecule has 0 fully saturated rings. The Bertz CT molecular complexity index is 1670. The van der Waals surface area contributed by atoms with Crippen LogP contribution in [0.5, 0.6) is 0 Å². The molecule has 10 heteroatoms. The largest absolute Gasteiger partial charge is 0.354 e. The van der Waals surface area contributed by atoms with Crippen molar-refractivity contribution in [3.05, 3.63) is 130 Å². The molecule has 4 aromatic carbocycles. The molecule has 0 aliphatic rings. The number of anilines is 1. The van der Waals surface area contributed by atoms with E-state index in [1.807, 2.05) is 50.2 Å². The van der Waals surface area contributed by atoms with E-state index in [0.717, 1.165) is 9.87 Å². The number of carbonyl (C=O) groups is 2. The van der Waals surface area contributed by atoms with Gasteiger partial charge in [-0.15, -0.1) is 0 Å². The molecule has 1 N–H and O–H groups in total. The Hall–Kier alpha value is -3.85. The minimum absolute atomic E-state index is 0.00428. The van der Waals surface area contributed by atoms with Gasteiger partial charge in [-0.05, 0) is 53.4 Å². The van der Waals surface area contributed by atoms with Gasteiger partial charge < -0.3 is 10.2 Å². The fourth-order valence-electron chi connectivity index (χ4n) is 4.70. The van der Waals surface area contributed by atoms with Crippen LogP contribution in [0.1, 0.15) is 25.0 Å². The van der Waals surface area contributed by atoms with Crippen molar-refractivity contribution < 1.29 is 18.0 Å². The van der Waals surface area contributed by atoms with Crippen LogP contribution in [0, 0.1) is 5.92 Å². The van der Waals surface area contributed by atoms with E-state index in [9.17, 15) is 18.0 Å². The average Bonchev–Trinajstić information content (AvgIpc) is 3.01. The maximum atomic E-state index is 14.4. The van der Waals surface area contributed by atoms with E-state index in [2.05, 4.69) is 5.32 Å². The van der Waals surface area contributed by atoms with Crippen LogP contribution in [0.2, 0.25) is 10.0 Å². The van der Waals surface area contributed by atoms with E-state index in [4.69, 9.17) is 23.2 Å². The van der Waals surface area contributed by atoms with Crippen LogP contribution >= 0.6 is 23.2 Å². The molecular formula is C34H35Cl2N3O4S. The summed E-state index contributed by atoms with van der Waals surface area (Å²) in [7, 11) is -4.23. The van der Waals surface area contributed by atoms with Crippen molar-refractivity contribution in [1.82, 2.24) is 10.2 Å². The van der Waals surface area contributed by atoms with Gasteiger partial charge in [-0.2, -0.15) is 0 Å². The Labute approximate surface area is 269 Å². The predicted octanol–water partition coefficient (Wildman–Crippen LogP) is 6.60. The van der Waals surface area contributed by atoms with Crippen LogP contribution < -0.4 is 9.62 Å². The Morgan fingerprint density at radius 2 is 1.41 bits per heavy atom. The fourth-order valence-corrected chi connectivity index (χ4v) is 6.65. The molecule has 0 aromatic heterocycles. The smallest absolute Gasteiger partial charge is 0.264 e. The molecule has 4 rings (SSSR count). The van der Waals surface area contributed by atoms with Crippen LogP contribution in [0.3, 0.4) is 0 Å². The summed E-state index contributed by atoms with van der Waals surface area (Å²) in [5, 5.41) is 3.61. The zero-order valence-electron chi connectivity index (χ0n) is 24.6. The maximum Gasteiger partial charge on any atom is 0.264 e. The Kier molecular flexibility index (Phi) is 11.4. The van der Waals surface area contributed by atoms with Gasteiger partial charge in [0.2, 0.25) is 11.8 Å². The number of rotatable bonds is 13. The van der Waals surface area contributed by atoms with E-state index >= 15 is 0 Å². The molecule has 0 bridgehead atoms. The van der Waals surface area contributed by atoms with Crippen LogP contribution in [-0.2, 0) is 32.6 Å². The van der Waals surface area contributed by atoms with Gasteiger partial charge in [-0.3, -0.25) is 13.9 Å². The van der Waals surface area contributed by atoms with Crippen molar-refractivity contribution in [2.75, 3.05) is 17.4 Å². The number of nitrogens with one attached hydrogen (secondary N) is 1. The molecule has 1 atom stereocenters. The number of sulfonamides is 1. The quantitative estimate of drug-likeness (QED) is 0.176. The molecule has 4 aromatic rings. The number of nitrogens with zero attached hydrogens (tertiary/aromatic N) is 2. The third-order valence-corrected chi connectivity index (χ3v) is 9.26. The Balaban J connectivity index is 1.80. The summed E-state index contributed by atoms with van der Waals surface area (Å²) >= 11 is 12.8. The summed E-state index contributed by atoms with van der Waals surface area (Å²) < 4.78 is 29.0. The summed E-state index contributed by atoms with van der Waals surface area (Å²) in [4.78, 5) is 29.7. The molecule has 0 spiro atoms. The number of amides is 2. The van der Waals surface area contributed by atoms with E-state index in [-0.39, 0.29) is 40.4 Å². The van der Waals surface area contributed by atoms with E-state index < -0.39 is 28.5 Å². The predicted molar refractivity (Wildman–Crippen MR) is 176 cm³/mol. The van der Waals surface area contributed by atoms with E-state index in [1.54, 1.807) is 60.7 Å². The molecule has 44 heavy (non-hydrogen) atoms. The molecule has 0 radical (unpaired) electrons. The van der Waals surface area contributed by atoms with Crippen molar-refractivity contribution in [2.45, 2.75) is 37.8 Å². The van der Waals surface area contributed by atoms with Gasteiger partial charge in [0.1, 0.15) is 12.6 Å². The minimum atomic E-state index is -4.23. The number of para-hydroxylation sites is 1. The first-order valence-corrected chi connectivity index (χ1v) is 16.4. The molecule has 0 saturated heterocycles. The minimum Gasteiger partial charge on any atom is -0.354 e. The van der Waals surface area contributed by atoms with Crippen molar-refractivity contribution >= 4 is 50.7 Å². The lowest BCUT2D eigenvalue weighted by atomic mass is 10.0. The average molecular weight is 653 g/mol. The van der Waals surface area contributed by atoms with Crippen molar-refractivity contribution in [2.24, 2.45) is 5.92 Å². The highest BCUT2D eigenvalue weighted by molar-refractivity contribution is 7.92. The number of hydrogen-bond donors (Lipinski definition) is 1. The third kappa shape index (κ3) is 8.62. The highest BCUT2D eigenvalue weighted by Gasteiger charge is 2.35. The zero-order valence-corrected chi connectivity index (χ0v) is 26.9. The van der Waals surface area contributed by atoms with Gasteiger partial charge in [0.05, 0.1) is 15.6 Å². The number of halogens is 2. The van der Waals surface area contributed by atoms with Gasteiger partial charge in [0.25, 0.3) is 10.0 Å². The molecule has 0 aliphatic carbocycles. The maximum absolute atomic E-state index is 14.4. The monoisotopic (exact) mass is 651 g/mol. The first-order chi connectivity index (χ1) is 21.1. The Morgan fingerprint density at radius 3 is 2.05 bits per heavy atom. The summed E-state index contributed by atoms with van der Waals surface area (Å²) in [6, 6.07) is 29.8. The van der Waals surface area contributed by atoms with Crippen LogP contribution in [0.15, 0.2) is 114 Å². The lowest BCUT2D eigenvalue weighted by Crippen LogP contribution is -2.53. The zero-order chi connectivity index (χ0) is 31.7. The molecular weight excluding hydrogens is 617 g/mol. The normalized spacial score (nSPS) is 12.0. The van der Waals surface area contributed by atoms with Gasteiger partial charge in [0.15, 0.2) is 0 Å². The molecule has 7 nitrogen and oxygen atoms in total. The van der Waals surface area contributed by atoms with Crippen molar-refractivity contribution in [3.8, 4) is 0 Å². The third-order valence-electron chi connectivity index (χ3n) is 6.93. The van der Waals surface area contributed by atoms with Crippen LogP contribution in [-0.4, -0.2) is 44.3 Å². The first-order valence-electron chi connectivity index (χ1n) is 14.2. The molecule has 2 amide bonds. The van der Waals surface area contributed by atoms with Crippen molar-refractivity contribution in [1.29, 1.82) is 0 Å². The highest BCUT2D eigenvalue weighted by atomic mass is 35.5. The van der Waals surface area contributed by atoms with Gasteiger partial charge in [0, 0.05) is 24.5 Å². The number of hydrogen-bond acceptors (Lipinski definition) is 4. The SMILES string of the molecule is CC(C)CNC(=O)[C@H](Cc1ccccc1)N(Cc1cccc(Cl)c1)C(=O)CN(c1ccccc1Cl)S(=O)(=O)c1ccccc1. The summed E-state index contributed by atoms with van der Waals surface area (Å²) in [5.41, 5.74) is 1.69. The highest BCUT2D eigenvalue weighted by Crippen LogP contribution is 2.31. The molecule has 0 unspecified atom stereocenters. The summed E-state index contributed by atoms with van der Waals surface area (Å²) in [6.45, 7) is 3.81. The van der Waals surface area contributed by atoms with Crippen LogP contribution in [0.25, 0.3) is 0 Å². The number of carbonyl (C=O) groups excluding carboxylic acids is 2. The van der Waals surface area contributed by atoms with E-state index in [1.165, 1.54) is 17.0 Å². The van der Waals surface area contributed by atoms with E-state index in [0.29, 0.717) is 17.1 Å². The second kappa shape index (κ2) is 15.2. The summed E-state index contributed by atoms with van der Waals surface area (Å²) in [6.07, 6.45) is 0.217. The van der Waals surface area contributed by atoms with Crippen LogP contribution in [0.4, 0.5) is 5.69 Å². The second-order valence-corrected chi connectivity index (χ2v) is 13.5. The van der Waals surface area contributed by atoms with Crippen molar-refractivity contribution in [3.63, 3.8) is 0 Å². The molecule has 230 valence electrons. The Morgan fingerprint density at radius 1 is 0.795 bits per heavy atom. The topological polar surface area (TPSA) is 86.8 Å². The second-order valence-electron chi connectivity index (χ2n) is 10.8. The summed E-state index contributed by atoms with van der Waals surface area (Å²) in [5.74, 6) is -0.738. The lowest BCUT2D eigenvalue weighted by molar-refractivity contribution is -0.140. The van der Waals surface area contributed by atoms with Gasteiger partial charge in [-0.1, -0.05) is 110 Å². The molecule has 0 saturated carbocycles. The molecule has 0 aliphatic heterocycles. The number of benzene rings is 4. The first kappa shape index (κ1) is 33.1. The fraction of sp³-hybridized carbons (Fsp3) is 0.235. The molecule has 0 heterocycles. The van der Waals surface area contributed by atoms with Gasteiger partial charge >= 0.3 is 0 Å². The van der Waals surface area contributed by atoms with Gasteiger partial charge in [-0.25, -0.2) is 8.42 Å².